The highest BCUT2D eigenvalue weighted by Crippen LogP contribution is 2.30. The molecular formula is C15H20BrF3N2O4S2. The van der Waals surface area contributed by atoms with E-state index in [1.54, 1.807) is 6.07 Å². The number of halogens is 4. The molecule has 1 N–H and O–H groups in total. The van der Waals surface area contributed by atoms with E-state index >= 15 is 0 Å². The molecule has 154 valence electrons. The zero-order valence-electron chi connectivity index (χ0n) is 14.5. The molecule has 2 rings (SSSR count). The number of thiophene rings is 1. The Balaban J connectivity index is 1.90. The van der Waals surface area contributed by atoms with Crippen molar-refractivity contribution in [2.24, 2.45) is 5.92 Å². The van der Waals surface area contributed by atoms with Crippen LogP contribution in [0.3, 0.4) is 0 Å². The Hall–Kier alpha value is -0.690. The summed E-state index contributed by atoms with van der Waals surface area (Å²) in [5.74, 6) is -0.938. The highest BCUT2D eigenvalue weighted by molar-refractivity contribution is 9.11. The van der Waals surface area contributed by atoms with Gasteiger partial charge >= 0.3 is 6.18 Å². The van der Waals surface area contributed by atoms with Crippen molar-refractivity contribution in [3.63, 3.8) is 0 Å². The SMILES string of the molecule is CC(COCC(F)(F)F)NC(=O)C1CCCN(S(=O)(=O)c2ccc(Br)s2)C1. The predicted octanol–water partition coefficient (Wildman–Crippen LogP) is 2.99. The van der Waals surface area contributed by atoms with Crippen LogP contribution in [0.2, 0.25) is 0 Å². The number of ether oxygens (including phenoxy) is 1. The quantitative estimate of drug-likeness (QED) is 0.634. The summed E-state index contributed by atoms with van der Waals surface area (Å²) in [6.07, 6.45) is -3.37. The van der Waals surface area contributed by atoms with E-state index in [4.69, 9.17) is 0 Å². The molecule has 1 aromatic rings. The number of sulfonamides is 1. The minimum Gasteiger partial charge on any atom is -0.370 e. The fourth-order valence-electron chi connectivity index (χ4n) is 2.69. The van der Waals surface area contributed by atoms with Gasteiger partial charge in [-0.15, -0.1) is 11.3 Å². The van der Waals surface area contributed by atoms with Crippen LogP contribution >= 0.6 is 27.3 Å². The molecule has 0 radical (unpaired) electrons. The van der Waals surface area contributed by atoms with Crippen molar-refractivity contribution >= 4 is 43.2 Å². The Bertz CT molecular complexity index is 754. The second-order valence-electron chi connectivity index (χ2n) is 6.30. The first-order valence-electron chi connectivity index (χ1n) is 8.19. The zero-order valence-corrected chi connectivity index (χ0v) is 17.7. The lowest BCUT2D eigenvalue weighted by atomic mass is 9.98. The fraction of sp³-hybridized carbons (Fsp3) is 0.667. The van der Waals surface area contributed by atoms with Crippen LogP contribution in [0, 0.1) is 5.92 Å². The van der Waals surface area contributed by atoms with E-state index in [9.17, 15) is 26.4 Å². The zero-order chi connectivity index (χ0) is 20.2. The van der Waals surface area contributed by atoms with Crippen LogP contribution < -0.4 is 5.32 Å². The van der Waals surface area contributed by atoms with Crippen molar-refractivity contribution in [2.45, 2.75) is 36.2 Å². The summed E-state index contributed by atoms with van der Waals surface area (Å²) in [7, 11) is -3.67. The molecule has 2 heterocycles. The van der Waals surface area contributed by atoms with Crippen molar-refractivity contribution < 1.29 is 31.1 Å². The van der Waals surface area contributed by atoms with Crippen LogP contribution in [0.4, 0.5) is 13.2 Å². The van der Waals surface area contributed by atoms with Crippen molar-refractivity contribution in [2.75, 3.05) is 26.3 Å². The Morgan fingerprint density at radius 2 is 2.19 bits per heavy atom. The van der Waals surface area contributed by atoms with Crippen molar-refractivity contribution in [3.8, 4) is 0 Å². The molecule has 0 aliphatic carbocycles. The summed E-state index contributed by atoms with van der Waals surface area (Å²) < 4.78 is 68.3. The minimum atomic E-state index is -4.42. The second kappa shape index (κ2) is 9.21. The molecule has 0 bridgehead atoms. The minimum absolute atomic E-state index is 0.0415. The van der Waals surface area contributed by atoms with E-state index in [0.717, 1.165) is 11.3 Å². The summed E-state index contributed by atoms with van der Waals surface area (Å²) in [6, 6.07) is 2.54. The van der Waals surface area contributed by atoms with Crippen LogP contribution in [0.25, 0.3) is 0 Å². The number of hydrogen-bond donors (Lipinski definition) is 1. The van der Waals surface area contributed by atoms with Crippen molar-refractivity contribution in [3.05, 3.63) is 15.9 Å². The molecule has 1 amide bonds. The molecule has 1 fully saturated rings. The Kier molecular flexibility index (Phi) is 7.70. The maximum absolute atomic E-state index is 12.7. The van der Waals surface area contributed by atoms with Gasteiger partial charge in [-0.05, 0) is 47.8 Å². The molecule has 6 nitrogen and oxygen atoms in total. The number of hydrogen-bond acceptors (Lipinski definition) is 5. The lowest BCUT2D eigenvalue weighted by molar-refractivity contribution is -0.175. The van der Waals surface area contributed by atoms with Gasteiger partial charge in [0.05, 0.1) is 16.3 Å². The summed E-state index contributed by atoms with van der Waals surface area (Å²) in [4.78, 5) is 12.4. The summed E-state index contributed by atoms with van der Waals surface area (Å²) in [5.41, 5.74) is 0. The maximum atomic E-state index is 12.7. The Morgan fingerprint density at radius 1 is 1.48 bits per heavy atom. The van der Waals surface area contributed by atoms with Crippen LogP contribution in [0.1, 0.15) is 19.8 Å². The third-order valence-corrected chi connectivity index (χ3v) is 7.88. The van der Waals surface area contributed by atoms with Gasteiger partial charge in [-0.25, -0.2) is 8.42 Å². The number of nitrogens with zero attached hydrogens (tertiary/aromatic N) is 1. The first kappa shape index (κ1) is 22.6. The number of amides is 1. The smallest absolute Gasteiger partial charge is 0.370 e. The van der Waals surface area contributed by atoms with E-state index in [2.05, 4.69) is 26.0 Å². The van der Waals surface area contributed by atoms with E-state index < -0.39 is 34.8 Å². The molecule has 1 aromatic heterocycles. The first-order chi connectivity index (χ1) is 12.5. The maximum Gasteiger partial charge on any atom is 0.411 e. The van der Waals surface area contributed by atoms with Crippen molar-refractivity contribution in [1.29, 1.82) is 0 Å². The molecule has 1 aliphatic rings. The summed E-state index contributed by atoms with van der Waals surface area (Å²) in [6.45, 7) is 0.253. The van der Waals surface area contributed by atoms with Crippen molar-refractivity contribution in [1.82, 2.24) is 9.62 Å². The van der Waals surface area contributed by atoms with Gasteiger partial charge < -0.3 is 10.1 Å². The molecule has 1 aliphatic heterocycles. The van der Waals surface area contributed by atoms with Crippen LogP contribution in [0.15, 0.2) is 20.1 Å². The highest BCUT2D eigenvalue weighted by atomic mass is 79.9. The fourth-order valence-corrected chi connectivity index (χ4v) is 6.38. The summed E-state index contributed by atoms with van der Waals surface area (Å²) in [5, 5.41) is 2.59. The van der Waals surface area contributed by atoms with Gasteiger partial charge in [0.15, 0.2) is 0 Å². The van der Waals surface area contributed by atoms with Crippen LogP contribution in [-0.4, -0.2) is 57.2 Å². The molecule has 2 atom stereocenters. The third kappa shape index (κ3) is 6.70. The lowest BCUT2D eigenvalue weighted by Gasteiger charge is -2.31. The number of alkyl halides is 3. The third-order valence-electron chi connectivity index (χ3n) is 3.92. The molecular weight excluding hydrogens is 473 g/mol. The normalized spacial score (nSPS) is 20.4. The number of nitrogens with one attached hydrogen (secondary N) is 1. The van der Waals surface area contributed by atoms with Gasteiger partial charge in [0.25, 0.3) is 10.0 Å². The Morgan fingerprint density at radius 3 is 2.78 bits per heavy atom. The lowest BCUT2D eigenvalue weighted by Crippen LogP contribution is -2.47. The van der Waals surface area contributed by atoms with Crippen LogP contribution in [0.5, 0.6) is 0 Å². The second-order valence-corrected chi connectivity index (χ2v) is 10.9. The van der Waals surface area contributed by atoms with Gasteiger partial charge in [-0.3, -0.25) is 4.79 Å². The van der Waals surface area contributed by atoms with E-state index in [0.29, 0.717) is 23.2 Å². The molecule has 12 heteroatoms. The van der Waals surface area contributed by atoms with Gasteiger partial charge in [-0.2, -0.15) is 17.5 Å². The number of carbonyl (C=O) groups excluding carboxylic acids is 1. The number of piperidine rings is 1. The highest BCUT2D eigenvalue weighted by Gasteiger charge is 2.34. The van der Waals surface area contributed by atoms with Gasteiger partial charge in [0, 0.05) is 19.1 Å². The largest absolute Gasteiger partial charge is 0.411 e. The topological polar surface area (TPSA) is 75.7 Å². The number of carbonyl (C=O) groups is 1. The van der Waals surface area contributed by atoms with Crippen LogP contribution in [-0.2, 0) is 19.6 Å². The summed E-state index contributed by atoms with van der Waals surface area (Å²) >= 11 is 4.33. The molecule has 0 saturated carbocycles. The number of rotatable bonds is 7. The molecule has 1 saturated heterocycles. The van der Waals surface area contributed by atoms with E-state index in [-0.39, 0.29) is 23.3 Å². The molecule has 2 unspecified atom stereocenters. The molecule has 27 heavy (non-hydrogen) atoms. The standard InChI is InChI=1S/C15H20BrF3N2O4S2/c1-10(8-25-9-15(17,18)19)20-14(22)11-3-2-6-21(7-11)27(23,24)13-5-4-12(16)26-13/h4-5,10-11H,2-3,6-9H2,1H3,(H,20,22). The van der Waals surface area contributed by atoms with E-state index in [1.165, 1.54) is 17.3 Å². The monoisotopic (exact) mass is 492 g/mol. The molecule has 0 spiro atoms. The van der Waals surface area contributed by atoms with E-state index in [1.807, 2.05) is 0 Å². The predicted molar refractivity (Wildman–Crippen MR) is 98.0 cm³/mol. The Labute approximate surface area is 168 Å². The average molecular weight is 493 g/mol. The van der Waals surface area contributed by atoms with Gasteiger partial charge in [0.1, 0.15) is 10.8 Å². The first-order valence-corrected chi connectivity index (χ1v) is 11.2. The van der Waals surface area contributed by atoms with Gasteiger partial charge in [0.2, 0.25) is 5.91 Å². The average Bonchev–Trinajstić information content (AvgIpc) is 3.01. The molecule has 0 aromatic carbocycles. The van der Waals surface area contributed by atoms with Gasteiger partial charge in [-0.1, -0.05) is 0 Å².